The van der Waals surface area contributed by atoms with E-state index in [-0.39, 0.29) is 25.9 Å². The zero-order chi connectivity index (χ0) is 19.3. The van der Waals surface area contributed by atoms with Crippen LogP contribution in [0, 0.1) is 0 Å². The summed E-state index contributed by atoms with van der Waals surface area (Å²) in [6.45, 7) is 11.6. The zero-order valence-electron chi connectivity index (χ0n) is 16.4. The Morgan fingerprint density at radius 3 is 2.28 bits per heavy atom. The van der Waals surface area contributed by atoms with Gasteiger partial charge in [-0.05, 0) is 48.0 Å². The second kappa shape index (κ2) is 9.60. The van der Waals surface area contributed by atoms with Gasteiger partial charge in [0.05, 0.1) is 37.1 Å². The number of hydrogen-bond donors (Lipinski definition) is 3. The van der Waals surface area contributed by atoms with Crippen molar-refractivity contribution in [3.63, 3.8) is 0 Å². The van der Waals surface area contributed by atoms with E-state index in [1.165, 1.54) is 0 Å². The Morgan fingerprint density at radius 1 is 1.12 bits per heavy atom. The third kappa shape index (κ3) is 7.46. The normalized spacial score (nSPS) is 26.4. The first-order valence-corrected chi connectivity index (χ1v) is 9.00. The fraction of sp³-hybridized carbons (Fsp3) is 1.00. The van der Waals surface area contributed by atoms with E-state index >= 15 is 0 Å². The molecule has 0 aromatic rings. The smallest absolute Gasteiger partial charge is 0.114 e. The summed E-state index contributed by atoms with van der Waals surface area (Å²) in [4.78, 5) is 0. The van der Waals surface area contributed by atoms with Crippen LogP contribution in [0.2, 0.25) is 0 Å². The molecule has 150 valence electrons. The second-order valence-corrected chi connectivity index (χ2v) is 8.13. The molecule has 7 heteroatoms. The van der Waals surface area contributed by atoms with Crippen LogP contribution in [0.3, 0.4) is 0 Å². The maximum absolute atomic E-state index is 10.5. The standard InChI is InChI=1S/C18H36O7/c1-12(2)22-8-7-17(3,4)24-13(9-19)16-15(21)14(10-23-16)25-18(5,6)11-20/h12-16,19-21H,7-11H2,1-6H3. The summed E-state index contributed by atoms with van der Waals surface area (Å²) in [5.41, 5.74) is -1.30. The van der Waals surface area contributed by atoms with Crippen molar-refractivity contribution in [1.82, 2.24) is 0 Å². The lowest BCUT2D eigenvalue weighted by atomic mass is 10.0. The van der Waals surface area contributed by atoms with Gasteiger partial charge in [0, 0.05) is 6.61 Å². The van der Waals surface area contributed by atoms with Gasteiger partial charge in [0.25, 0.3) is 0 Å². The Bertz CT molecular complexity index is 384. The highest BCUT2D eigenvalue weighted by Gasteiger charge is 2.45. The average Bonchev–Trinajstić information content (AvgIpc) is 2.85. The predicted molar refractivity (Wildman–Crippen MR) is 93.5 cm³/mol. The summed E-state index contributed by atoms with van der Waals surface area (Å²) in [5.74, 6) is 0. The topological polar surface area (TPSA) is 97.6 Å². The molecule has 4 atom stereocenters. The molecule has 0 amide bonds. The van der Waals surface area contributed by atoms with Crippen molar-refractivity contribution in [2.45, 2.75) is 89.7 Å². The minimum atomic E-state index is -0.939. The van der Waals surface area contributed by atoms with Crippen LogP contribution in [0.1, 0.15) is 48.0 Å². The number of aliphatic hydroxyl groups excluding tert-OH is 3. The van der Waals surface area contributed by atoms with Gasteiger partial charge in [0.15, 0.2) is 0 Å². The van der Waals surface area contributed by atoms with E-state index in [1.54, 1.807) is 13.8 Å². The highest BCUT2D eigenvalue weighted by atomic mass is 16.6. The maximum atomic E-state index is 10.5. The molecule has 0 aliphatic carbocycles. The molecule has 4 unspecified atom stereocenters. The predicted octanol–water partition coefficient (Wildman–Crippen LogP) is 0.873. The lowest BCUT2D eigenvalue weighted by molar-refractivity contribution is -0.165. The molecule has 0 bridgehead atoms. The Balaban J connectivity index is 2.61. The van der Waals surface area contributed by atoms with Gasteiger partial charge in [-0.3, -0.25) is 0 Å². The molecule has 1 aliphatic rings. The molecule has 0 aromatic carbocycles. The van der Waals surface area contributed by atoms with Crippen LogP contribution in [-0.2, 0) is 18.9 Å². The molecule has 1 saturated heterocycles. The van der Waals surface area contributed by atoms with Gasteiger partial charge < -0.3 is 34.3 Å². The van der Waals surface area contributed by atoms with E-state index in [0.717, 1.165) is 0 Å². The molecule has 1 heterocycles. The lowest BCUT2D eigenvalue weighted by Gasteiger charge is -2.34. The fourth-order valence-corrected chi connectivity index (χ4v) is 2.71. The lowest BCUT2D eigenvalue weighted by Crippen LogP contribution is -2.48. The molecule has 0 saturated carbocycles. The third-order valence-electron chi connectivity index (χ3n) is 4.19. The SMILES string of the molecule is CC(C)OCCC(C)(C)OC(CO)C1OCC(OC(C)(C)CO)C1O. The van der Waals surface area contributed by atoms with Gasteiger partial charge >= 0.3 is 0 Å². The molecule has 1 rings (SSSR count). The van der Waals surface area contributed by atoms with Gasteiger partial charge in [0.2, 0.25) is 0 Å². The van der Waals surface area contributed by atoms with Crippen molar-refractivity contribution >= 4 is 0 Å². The minimum absolute atomic E-state index is 0.150. The number of hydrogen-bond acceptors (Lipinski definition) is 7. The Morgan fingerprint density at radius 2 is 1.76 bits per heavy atom. The molecule has 3 N–H and O–H groups in total. The summed E-state index contributed by atoms with van der Waals surface area (Å²) >= 11 is 0. The molecule has 1 fully saturated rings. The molecule has 7 nitrogen and oxygen atoms in total. The Labute approximate surface area is 151 Å². The van der Waals surface area contributed by atoms with E-state index < -0.39 is 35.6 Å². The molecule has 0 radical (unpaired) electrons. The van der Waals surface area contributed by atoms with Gasteiger partial charge in [0.1, 0.15) is 24.4 Å². The Kier molecular flexibility index (Phi) is 8.74. The van der Waals surface area contributed by atoms with Crippen molar-refractivity contribution < 1.29 is 34.3 Å². The van der Waals surface area contributed by atoms with Crippen LogP contribution >= 0.6 is 0 Å². The molecule has 0 aromatic heterocycles. The highest BCUT2D eigenvalue weighted by molar-refractivity contribution is 4.92. The second-order valence-electron chi connectivity index (χ2n) is 8.13. The van der Waals surface area contributed by atoms with Crippen molar-refractivity contribution in [3.05, 3.63) is 0 Å². The van der Waals surface area contributed by atoms with E-state index in [9.17, 15) is 15.3 Å². The van der Waals surface area contributed by atoms with Crippen molar-refractivity contribution in [3.8, 4) is 0 Å². The summed E-state index contributed by atoms with van der Waals surface area (Å²) in [5, 5.41) is 29.5. The van der Waals surface area contributed by atoms with E-state index in [0.29, 0.717) is 13.0 Å². The van der Waals surface area contributed by atoms with Crippen LogP contribution in [-0.4, -0.2) is 83.5 Å². The molecule has 1 aliphatic heterocycles. The van der Waals surface area contributed by atoms with Crippen LogP contribution in [0.15, 0.2) is 0 Å². The number of aliphatic hydroxyl groups is 3. The van der Waals surface area contributed by atoms with Crippen molar-refractivity contribution in [1.29, 1.82) is 0 Å². The largest absolute Gasteiger partial charge is 0.394 e. The molecule has 0 spiro atoms. The minimum Gasteiger partial charge on any atom is -0.394 e. The summed E-state index contributed by atoms with van der Waals surface area (Å²) in [7, 11) is 0. The first-order chi connectivity index (χ1) is 11.5. The van der Waals surface area contributed by atoms with Gasteiger partial charge in [-0.2, -0.15) is 0 Å². The first-order valence-electron chi connectivity index (χ1n) is 9.00. The van der Waals surface area contributed by atoms with Crippen LogP contribution < -0.4 is 0 Å². The summed E-state index contributed by atoms with van der Waals surface area (Å²) < 4.78 is 22.9. The first kappa shape index (κ1) is 22.8. The zero-order valence-corrected chi connectivity index (χ0v) is 16.4. The maximum Gasteiger partial charge on any atom is 0.114 e. The Hall–Kier alpha value is -0.280. The van der Waals surface area contributed by atoms with Gasteiger partial charge in [-0.15, -0.1) is 0 Å². The third-order valence-corrected chi connectivity index (χ3v) is 4.19. The monoisotopic (exact) mass is 364 g/mol. The van der Waals surface area contributed by atoms with Gasteiger partial charge in [-0.25, -0.2) is 0 Å². The van der Waals surface area contributed by atoms with Crippen LogP contribution in [0.5, 0.6) is 0 Å². The highest BCUT2D eigenvalue weighted by Crippen LogP contribution is 2.28. The van der Waals surface area contributed by atoms with E-state index in [4.69, 9.17) is 18.9 Å². The summed E-state index contributed by atoms with van der Waals surface area (Å²) in [6.07, 6.45) is -2.06. The molecule has 25 heavy (non-hydrogen) atoms. The van der Waals surface area contributed by atoms with E-state index in [2.05, 4.69) is 0 Å². The van der Waals surface area contributed by atoms with Crippen LogP contribution in [0.25, 0.3) is 0 Å². The number of rotatable bonds is 11. The average molecular weight is 364 g/mol. The number of ether oxygens (including phenoxy) is 4. The van der Waals surface area contributed by atoms with Crippen molar-refractivity contribution in [2.75, 3.05) is 26.4 Å². The van der Waals surface area contributed by atoms with Crippen LogP contribution in [0.4, 0.5) is 0 Å². The van der Waals surface area contributed by atoms with Gasteiger partial charge in [-0.1, -0.05) is 0 Å². The molecular formula is C18H36O7. The fourth-order valence-electron chi connectivity index (χ4n) is 2.71. The molecular weight excluding hydrogens is 328 g/mol. The van der Waals surface area contributed by atoms with Crippen molar-refractivity contribution in [2.24, 2.45) is 0 Å². The van der Waals surface area contributed by atoms with E-state index in [1.807, 2.05) is 27.7 Å². The quantitative estimate of drug-likeness (QED) is 0.500. The summed E-state index contributed by atoms with van der Waals surface area (Å²) in [6, 6.07) is 0.